The number of benzene rings is 4. The maximum Gasteiger partial charge on any atom is 0.291 e. The Morgan fingerprint density at radius 1 is 0.811 bits per heavy atom. The van der Waals surface area contributed by atoms with Gasteiger partial charge in [-0.05, 0) is 47.9 Å². The lowest BCUT2D eigenvalue weighted by atomic mass is 9.97. The molecule has 5 aromatic rings. The summed E-state index contributed by atoms with van der Waals surface area (Å²) in [6.45, 7) is 2.70. The molecule has 0 saturated heterocycles. The van der Waals surface area contributed by atoms with Crippen LogP contribution in [-0.4, -0.2) is 10.8 Å². The highest BCUT2D eigenvalue weighted by Crippen LogP contribution is 2.40. The summed E-state index contributed by atoms with van der Waals surface area (Å²) in [4.78, 5) is 29.2. The molecule has 0 N–H and O–H groups in total. The molecule has 0 saturated carbocycles. The molecule has 1 unspecified atom stereocenters. The van der Waals surface area contributed by atoms with Crippen molar-refractivity contribution in [3.05, 3.63) is 147 Å². The normalized spacial score (nSPS) is 14.7. The van der Waals surface area contributed by atoms with Crippen molar-refractivity contribution in [3.63, 3.8) is 0 Å². The van der Waals surface area contributed by atoms with Crippen LogP contribution in [0.3, 0.4) is 0 Å². The predicted octanol–water partition coefficient (Wildman–Crippen LogP) is 6.43. The van der Waals surface area contributed by atoms with Gasteiger partial charge in [-0.25, -0.2) is 0 Å². The molecule has 1 aromatic heterocycles. The van der Waals surface area contributed by atoms with Gasteiger partial charge >= 0.3 is 0 Å². The third-order valence-corrected chi connectivity index (χ3v) is 6.74. The van der Waals surface area contributed by atoms with Crippen molar-refractivity contribution in [1.29, 1.82) is 0 Å². The number of ether oxygens (including phenoxy) is 1. The van der Waals surface area contributed by atoms with E-state index >= 15 is 0 Å². The fourth-order valence-corrected chi connectivity index (χ4v) is 4.94. The molecule has 0 spiro atoms. The van der Waals surface area contributed by atoms with Crippen molar-refractivity contribution in [2.75, 3.05) is 0 Å². The number of aryl methyl sites for hydroxylation is 1. The lowest BCUT2D eigenvalue weighted by Gasteiger charge is -2.25. The summed E-state index contributed by atoms with van der Waals surface area (Å²) < 4.78 is 12.2. The summed E-state index contributed by atoms with van der Waals surface area (Å²) in [5.74, 6) is 0.486. The SMILES string of the molecule is Cc1ccc2oc3c(c(=O)c2c1)C(c1cccc(OCc2ccccc2)c1)N(Cc1ccccc1)C3=O. The van der Waals surface area contributed by atoms with Crippen molar-refractivity contribution in [2.24, 2.45) is 0 Å². The Labute approximate surface area is 214 Å². The molecular formula is C32H25NO4. The number of nitrogens with zero attached hydrogens (tertiary/aromatic N) is 1. The largest absolute Gasteiger partial charge is 0.489 e. The van der Waals surface area contributed by atoms with Gasteiger partial charge in [0.25, 0.3) is 5.91 Å². The molecule has 1 amide bonds. The van der Waals surface area contributed by atoms with Crippen LogP contribution in [0.15, 0.2) is 112 Å². The average molecular weight is 488 g/mol. The van der Waals surface area contributed by atoms with Crippen molar-refractivity contribution in [1.82, 2.24) is 4.90 Å². The minimum atomic E-state index is -0.593. The Balaban J connectivity index is 1.45. The Kier molecular flexibility index (Phi) is 5.81. The van der Waals surface area contributed by atoms with E-state index in [1.54, 1.807) is 11.0 Å². The molecule has 1 aliphatic rings. The van der Waals surface area contributed by atoms with Crippen LogP contribution in [0.2, 0.25) is 0 Å². The van der Waals surface area contributed by atoms with E-state index in [-0.39, 0.29) is 17.1 Å². The fourth-order valence-electron chi connectivity index (χ4n) is 4.94. The van der Waals surface area contributed by atoms with E-state index in [9.17, 15) is 9.59 Å². The van der Waals surface area contributed by atoms with Crippen LogP contribution in [0.5, 0.6) is 5.75 Å². The molecule has 1 aliphatic heterocycles. The highest BCUT2D eigenvalue weighted by atomic mass is 16.5. The molecule has 4 aromatic carbocycles. The Morgan fingerprint density at radius 3 is 2.30 bits per heavy atom. The predicted molar refractivity (Wildman–Crippen MR) is 143 cm³/mol. The highest BCUT2D eigenvalue weighted by Gasteiger charge is 2.42. The van der Waals surface area contributed by atoms with Gasteiger partial charge in [0.15, 0.2) is 5.43 Å². The van der Waals surface area contributed by atoms with Gasteiger partial charge in [-0.2, -0.15) is 0 Å². The van der Waals surface area contributed by atoms with Gasteiger partial charge in [0.05, 0.1) is 17.0 Å². The molecule has 1 atom stereocenters. The number of fused-ring (bicyclic) bond motifs is 2. The van der Waals surface area contributed by atoms with Gasteiger partial charge in [-0.1, -0.05) is 84.4 Å². The Morgan fingerprint density at radius 2 is 1.54 bits per heavy atom. The van der Waals surface area contributed by atoms with E-state index in [0.717, 1.165) is 22.3 Å². The van der Waals surface area contributed by atoms with E-state index in [1.807, 2.05) is 104 Å². The van der Waals surface area contributed by atoms with Crippen LogP contribution < -0.4 is 10.2 Å². The summed E-state index contributed by atoms with van der Waals surface area (Å²) in [5, 5.41) is 0.481. The second kappa shape index (κ2) is 9.43. The summed E-state index contributed by atoms with van der Waals surface area (Å²) in [6, 6.07) is 32.2. The molecule has 0 bridgehead atoms. The first-order valence-corrected chi connectivity index (χ1v) is 12.3. The van der Waals surface area contributed by atoms with Crippen LogP contribution in [0, 0.1) is 6.92 Å². The number of carbonyl (C=O) groups is 1. The quantitative estimate of drug-likeness (QED) is 0.277. The van der Waals surface area contributed by atoms with E-state index < -0.39 is 6.04 Å². The van der Waals surface area contributed by atoms with E-state index in [4.69, 9.17) is 9.15 Å². The number of hydrogen-bond acceptors (Lipinski definition) is 4. The first kappa shape index (κ1) is 22.8. The average Bonchev–Trinajstić information content (AvgIpc) is 3.20. The van der Waals surface area contributed by atoms with Crippen molar-refractivity contribution >= 4 is 16.9 Å². The number of amides is 1. The molecule has 0 radical (unpaired) electrons. The number of hydrogen-bond donors (Lipinski definition) is 0. The van der Waals surface area contributed by atoms with Gasteiger partial charge in [0.1, 0.15) is 17.9 Å². The third-order valence-electron chi connectivity index (χ3n) is 6.74. The fraction of sp³-hybridized carbons (Fsp3) is 0.125. The van der Waals surface area contributed by atoms with Crippen molar-refractivity contribution in [2.45, 2.75) is 26.1 Å². The van der Waals surface area contributed by atoms with Crippen LogP contribution in [-0.2, 0) is 13.2 Å². The molecule has 5 heteroatoms. The minimum absolute atomic E-state index is 0.109. The van der Waals surface area contributed by atoms with E-state index in [2.05, 4.69) is 0 Å². The molecular weight excluding hydrogens is 462 g/mol. The maximum absolute atomic E-state index is 13.8. The third kappa shape index (κ3) is 4.29. The molecule has 6 rings (SSSR count). The summed E-state index contributed by atoms with van der Waals surface area (Å²) >= 11 is 0. The summed E-state index contributed by atoms with van der Waals surface area (Å²) in [5.41, 5.74) is 4.40. The van der Waals surface area contributed by atoms with Gasteiger partial charge in [-0.15, -0.1) is 0 Å². The first-order valence-electron chi connectivity index (χ1n) is 12.3. The smallest absolute Gasteiger partial charge is 0.291 e. The molecule has 0 aliphatic carbocycles. The van der Waals surface area contributed by atoms with Crippen LogP contribution in [0.4, 0.5) is 0 Å². The standard InChI is InChI=1S/C32H25NO4/c1-21-15-16-27-26(17-21)30(34)28-29(33(32(35)31(28)37-27)19-22-9-4-2-5-10-22)24-13-8-14-25(18-24)36-20-23-11-6-3-7-12-23/h2-18,29H,19-20H2,1H3. The van der Waals surface area contributed by atoms with Gasteiger partial charge < -0.3 is 14.1 Å². The van der Waals surface area contributed by atoms with Crippen molar-refractivity contribution < 1.29 is 13.9 Å². The summed E-state index contributed by atoms with van der Waals surface area (Å²) in [7, 11) is 0. The van der Waals surface area contributed by atoms with E-state index in [1.165, 1.54) is 0 Å². The highest BCUT2D eigenvalue weighted by molar-refractivity contribution is 5.99. The zero-order valence-electron chi connectivity index (χ0n) is 20.4. The van der Waals surface area contributed by atoms with Crippen LogP contribution >= 0.6 is 0 Å². The lowest BCUT2D eigenvalue weighted by Crippen LogP contribution is -2.29. The van der Waals surface area contributed by atoms with E-state index in [0.29, 0.717) is 35.4 Å². The molecule has 0 fully saturated rings. The lowest BCUT2D eigenvalue weighted by molar-refractivity contribution is 0.0714. The van der Waals surface area contributed by atoms with Gasteiger partial charge in [0, 0.05) is 6.54 Å². The minimum Gasteiger partial charge on any atom is -0.489 e. The Bertz CT molecular complexity index is 1660. The second-order valence-corrected chi connectivity index (χ2v) is 9.34. The van der Waals surface area contributed by atoms with Gasteiger partial charge in [0.2, 0.25) is 5.76 Å². The zero-order chi connectivity index (χ0) is 25.4. The maximum atomic E-state index is 13.8. The zero-order valence-corrected chi connectivity index (χ0v) is 20.4. The second-order valence-electron chi connectivity index (χ2n) is 9.34. The molecule has 5 nitrogen and oxygen atoms in total. The molecule has 182 valence electrons. The first-order chi connectivity index (χ1) is 18.1. The van der Waals surface area contributed by atoms with Crippen molar-refractivity contribution in [3.8, 4) is 5.75 Å². The molecule has 37 heavy (non-hydrogen) atoms. The van der Waals surface area contributed by atoms with Crippen LogP contribution in [0.25, 0.3) is 11.0 Å². The topological polar surface area (TPSA) is 59.8 Å². The number of rotatable bonds is 6. The molecule has 2 heterocycles. The Hall–Kier alpha value is -4.64. The van der Waals surface area contributed by atoms with Gasteiger partial charge in [-0.3, -0.25) is 9.59 Å². The monoisotopic (exact) mass is 487 g/mol. The van der Waals surface area contributed by atoms with Crippen LogP contribution in [0.1, 0.15) is 44.4 Å². The number of carbonyl (C=O) groups excluding carboxylic acids is 1. The summed E-state index contributed by atoms with van der Waals surface area (Å²) in [6.07, 6.45) is 0.